The van der Waals surface area contributed by atoms with Crippen LogP contribution in [0.3, 0.4) is 0 Å². The molecule has 0 N–H and O–H groups in total. The third-order valence-corrected chi connectivity index (χ3v) is 6.48. The molecule has 2 aromatic heterocycles. The molecule has 1 aliphatic carbocycles. The van der Waals surface area contributed by atoms with Gasteiger partial charge >= 0.3 is 12.4 Å². The van der Waals surface area contributed by atoms with Gasteiger partial charge in [0.1, 0.15) is 23.2 Å². The van der Waals surface area contributed by atoms with E-state index in [9.17, 15) is 30.7 Å². The summed E-state index contributed by atoms with van der Waals surface area (Å²) in [5, 5.41) is 8.34. The fraction of sp³-hybridized carbons (Fsp3) is 0.409. The van der Waals surface area contributed by atoms with E-state index in [1.807, 2.05) is 0 Å². The van der Waals surface area contributed by atoms with Crippen LogP contribution in [-0.2, 0) is 12.4 Å². The number of rotatable bonds is 3. The number of alkyl halides is 6. The van der Waals surface area contributed by atoms with Crippen LogP contribution in [0.15, 0.2) is 36.4 Å². The quantitative estimate of drug-likeness (QED) is 0.435. The van der Waals surface area contributed by atoms with Gasteiger partial charge in [-0.2, -0.15) is 26.3 Å². The van der Waals surface area contributed by atoms with Crippen LogP contribution in [0.5, 0.6) is 0 Å². The Labute approximate surface area is 189 Å². The van der Waals surface area contributed by atoms with Gasteiger partial charge in [0.25, 0.3) is 0 Å². The molecule has 2 bridgehead atoms. The van der Waals surface area contributed by atoms with Crippen molar-refractivity contribution in [3.05, 3.63) is 65.1 Å². The molecule has 1 aliphatic heterocycles. The zero-order valence-corrected chi connectivity index (χ0v) is 17.7. The van der Waals surface area contributed by atoms with E-state index in [0.29, 0.717) is 36.2 Å². The second-order valence-corrected chi connectivity index (χ2v) is 8.59. The first-order valence-corrected chi connectivity index (χ1v) is 10.6. The highest BCUT2D eigenvalue weighted by Gasteiger charge is 2.50. The molecular weight excluding hydrogens is 467 g/mol. The fourth-order valence-corrected chi connectivity index (χ4v) is 5.09. The molecule has 0 amide bonds. The molecule has 5 rings (SSSR count). The highest BCUT2D eigenvalue weighted by Crippen LogP contribution is 2.52. The Balaban J connectivity index is 1.65. The van der Waals surface area contributed by atoms with Crippen LogP contribution < -0.4 is 4.90 Å². The molecule has 5 nitrogen and oxygen atoms in total. The van der Waals surface area contributed by atoms with Gasteiger partial charge in [-0.05, 0) is 68.5 Å². The van der Waals surface area contributed by atoms with Crippen molar-refractivity contribution >= 4 is 5.82 Å². The van der Waals surface area contributed by atoms with E-state index < -0.39 is 41.3 Å². The number of hydrogen-bond acceptors (Lipinski definition) is 4. The Morgan fingerprint density at radius 2 is 1.62 bits per heavy atom. The zero-order chi connectivity index (χ0) is 24.4. The van der Waals surface area contributed by atoms with Crippen molar-refractivity contribution in [3.8, 4) is 5.69 Å². The van der Waals surface area contributed by atoms with E-state index in [-0.39, 0.29) is 18.0 Å². The van der Waals surface area contributed by atoms with E-state index in [2.05, 4.69) is 15.2 Å². The van der Waals surface area contributed by atoms with E-state index in [0.717, 1.165) is 6.42 Å². The third-order valence-electron chi connectivity index (χ3n) is 6.48. The summed E-state index contributed by atoms with van der Waals surface area (Å²) in [4.78, 5) is 5.13. The van der Waals surface area contributed by atoms with Gasteiger partial charge in [0.05, 0.1) is 11.6 Å². The lowest BCUT2D eigenvalue weighted by atomic mass is 9.97. The Morgan fingerprint density at radius 1 is 0.912 bits per heavy atom. The smallest absolute Gasteiger partial charge is 0.343 e. The standard InChI is InChI=1S/C22H18F7N5/c1-11-31-32-20(33(11)15-6-3-14(23)4-7-15)19-12-2-5-16(8-12)34(19)18-10-13(21(24,25)26)9-17(30-18)22(27,28)29/h3-4,6-7,9-10,12,16,19H,2,5,8H2,1H3/t12-,16+,19-/m0/s1. The van der Waals surface area contributed by atoms with Crippen LogP contribution in [0, 0.1) is 18.7 Å². The molecular formula is C22H18F7N5. The monoisotopic (exact) mass is 485 g/mol. The Hall–Kier alpha value is -3.18. The van der Waals surface area contributed by atoms with Crippen molar-refractivity contribution in [1.29, 1.82) is 0 Å². The van der Waals surface area contributed by atoms with Crippen molar-refractivity contribution in [2.45, 2.75) is 50.6 Å². The first-order valence-electron chi connectivity index (χ1n) is 10.6. The molecule has 0 radical (unpaired) electrons. The second kappa shape index (κ2) is 7.67. The lowest BCUT2D eigenvalue weighted by Crippen LogP contribution is -2.37. The van der Waals surface area contributed by atoms with Crippen LogP contribution in [0.2, 0.25) is 0 Å². The Morgan fingerprint density at radius 3 is 2.26 bits per heavy atom. The van der Waals surface area contributed by atoms with E-state index in [1.165, 1.54) is 29.2 Å². The number of aryl methyl sites for hydroxylation is 1. The van der Waals surface area contributed by atoms with Gasteiger partial charge in [0, 0.05) is 11.7 Å². The Kier molecular flexibility index (Phi) is 5.10. The minimum absolute atomic E-state index is 0.0258. The van der Waals surface area contributed by atoms with E-state index >= 15 is 0 Å². The summed E-state index contributed by atoms with van der Waals surface area (Å²) in [6.45, 7) is 1.67. The SMILES string of the molecule is Cc1nnc([C@@H]2[C@H]3CC[C@H](C3)N2c2cc(C(F)(F)F)cc(C(F)(F)F)n2)n1-c1ccc(F)cc1. The summed E-state index contributed by atoms with van der Waals surface area (Å²) in [6.07, 6.45) is -8.08. The molecule has 2 fully saturated rings. The molecule has 1 saturated carbocycles. The van der Waals surface area contributed by atoms with Gasteiger partial charge in [0.2, 0.25) is 0 Å². The number of hydrogen-bond donors (Lipinski definition) is 0. The van der Waals surface area contributed by atoms with Crippen molar-refractivity contribution in [1.82, 2.24) is 19.7 Å². The fourth-order valence-electron chi connectivity index (χ4n) is 5.09. The van der Waals surface area contributed by atoms with Crippen LogP contribution in [-0.4, -0.2) is 25.8 Å². The highest BCUT2D eigenvalue weighted by atomic mass is 19.4. The summed E-state index contributed by atoms with van der Waals surface area (Å²) in [7, 11) is 0. The molecule has 3 atom stereocenters. The number of pyridine rings is 1. The molecule has 0 unspecified atom stereocenters. The minimum atomic E-state index is -5.05. The van der Waals surface area contributed by atoms with Crippen molar-refractivity contribution in [2.75, 3.05) is 4.90 Å². The number of fused-ring (bicyclic) bond motifs is 2. The molecule has 3 heterocycles. The first kappa shape index (κ1) is 22.6. The maximum Gasteiger partial charge on any atom is 0.433 e. The topological polar surface area (TPSA) is 46.8 Å². The molecule has 1 saturated heterocycles. The van der Waals surface area contributed by atoms with Gasteiger partial charge in [-0.1, -0.05) is 0 Å². The Bertz CT molecular complexity index is 1180. The van der Waals surface area contributed by atoms with Crippen LogP contribution >= 0.6 is 0 Å². The van der Waals surface area contributed by atoms with Crippen molar-refractivity contribution < 1.29 is 30.7 Å². The maximum atomic E-state index is 13.5. The number of aromatic nitrogens is 4. The average Bonchev–Trinajstić information content (AvgIpc) is 3.47. The van der Waals surface area contributed by atoms with Gasteiger partial charge in [-0.3, -0.25) is 4.57 Å². The maximum absolute atomic E-state index is 13.5. The largest absolute Gasteiger partial charge is 0.433 e. The summed E-state index contributed by atoms with van der Waals surface area (Å²) in [5.74, 6) is -0.0871. The van der Waals surface area contributed by atoms with Gasteiger partial charge < -0.3 is 4.90 Å². The van der Waals surface area contributed by atoms with Crippen LogP contribution in [0.1, 0.15) is 48.2 Å². The summed E-state index contributed by atoms with van der Waals surface area (Å²) in [6, 6.07) is 5.29. The minimum Gasteiger partial charge on any atom is -0.343 e. The normalized spacial score (nSPS) is 22.6. The molecule has 3 aromatic rings. The predicted molar refractivity (Wildman–Crippen MR) is 107 cm³/mol. The molecule has 0 spiro atoms. The summed E-state index contributed by atoms with van der Waals surface area (Å²) >= 11 is 0. The lowest BCUT2D eigenvalue weighted by molar-refractivity contribution is -0.145. The van der Waals surface area contributed by atoms with Crippen molar-refractivity contribution in [2.24, 2.45) is 5.92 Å². The number of halogens is 7. The first-order chi connectivity index (χ1) is 15.9. The van der Waals surface area contributed by atoms with Gasteiger partial charge in [-0.15, -0.1) is 10.2 Å². The average molecular weight is 485 g/mol. The van der Waals surface area contributed by atoms with Gasteiger partial charge in [-0.25, -0.2) is 9.37 Å². The molecule has 34 heavy (non-hydrogen) atoms. The number of benzene rings is 1. The zero-order valence-electron chi connectivity index (χ0n) is 17.7. The van der Waals surface area contributed by atoms with Crippen LogP contribution in [0.4, 0.5) is 36.6 Å². The second-order valence-electron chi connectivity index (χ2n) is 8.59. The summed E-state index contributed by atoms with van der Waals surface area (Å²) in [5.41, 5.74) is -2.48. The molecule has 2 aliphatic rings. The highest BCUT2D eigenvalue weighted by molar-refractivity contribution is 5.50. The number of piperidine rings is 1. The lowest BCUT2D eigenvalue weighted by Gasteiger charge is -2.36. The van der Waals surface area contributed by atoms with Crippen LogP contribution in [0.25, 0.3) is 5.69 Å². The van der Waals surface area contributed by atoms with Gasteiger partial charge in [0.15, 0.2) is 5.82 Å². The molecule has 180 valence electrons. The summed E-state index contributed by atoms with van der Waals surface area (Å²) < 4.78 is 95.9. The third kappa shape index (κ3) is 3.78. The number of nitrogens with zero attached hydrogens (tertiary/aromatic N) is 5. The molecule has 1 aromatic carbocycles. The predicted octanol–water partition coefficient (Wildman–Crippen LogP) is 5.88. The van der Waals surface area contributed by atoms with E-state index in [4.69, 9.17) is 0 Å². The number of anilines is 1. The van der Waals surface area contributed by atoms with E-state index in [1.54, 1.807) is 11.5 Å². The molecule has 12 heteroatoms. The van der Waals surface area contributed by atoms with Crippen molar-refractivity contribution in [3.63, 3.8) is 0 Å².